The van der Waals surface area contributed by atoms with Crippen LogP contribution in [0.4, 0.5) is 0 Å². The molecule has 0 amide bonds. The fraction of sp³-hybridized carbons (Fsp3) is 0.364. The van der Waals surface area contributed by atoms with E-state index in [0.717, 1.165) is 38.4 Å². The molecule has 1 saturated heterocycles. The van der Waals surface area contributed by atoms with E-state index in [2.05, 4.69) is 4.90 Å². The van der Waals surface area contributed by atoms with E-state index in [0.29, 0.717) is 0 Å². The zero-order chi connectivity index (χ0) is 20.6. The number of aromatic carboxylic acids is 1. The number of carbonyl (C=O) groups excluding carboxylic acids is 1. The summed E-state index contributed by atoms with van der Waals surface area (Å²) in [7, 11) is 0. The van der Waals surface area contributed by atoms with Crippen LogP contribution in [0.25, 0.3) is 0 Å². The van der Waals surface area contributed by atoms with Crippen molar-refractivity contribution in [2.45, 2.75) is 20.1 Å². The summed E-state index contributed by atoms with van der Waals surface area (Å²) in [5.41, 5.74) is 1.91. The van der Waals surface area contributed by atoms with Crippen LogP contribution in [0.5, 0.6) is 5.75 Å². The Balaban J connectivity index is 1.67. The molecule has 0 unspecified atom stereocenters. The van der Waals surface area contributed by atoms with Gasteiger partial charge in [-0.15, -0.1) is 0 Å². The zero-order valence-electron chi connectivity index (χ0n) is 16.4. The second-order valence-corrected chi connectivity index (χ2v) is 6.70. The predicted molar refractivity (Wildman–Crippen MR) is 106 cm³/mol. The number of rotatable bonds is 8. The van der Waals surface area contributed by atoms with Crippen LogP contribution in [0.1, 0.15) is 38.8 Å². The Morgan fingerprint density at radius 3 is 2.41 bits per heavy atom. The molecule has 1 N–H and O–H groups in total. The number of carboxylic acid groups (broad SMARTS) is 1. The first-order valence-electron chi connectivity index (χ1n) is 9.62. The number of esters is 1. The number of ether oxygens (including phenoxy) is 3. The van der Waals surface area contributed by atoms with Gasteiger partial charge in [0, 0.05) is 19.6 Å². The summed E-state index contributed by atoms with van der Waals surface area (Å²) in [4.78, 5) is 26.1. The van der Waals surface area contributed by atoms with E-state index in [9.17, 15) is 14.7 Å². The minimum absolute atomic E-state index is 0.0160. The second-order valence-electron chi connectivity index (χ2n) is 6.70. The first-order chi connectivity index (χ1) is 14.1. The molecule has 1 fully saturated rings. The van der Waals surface area contributed by atoms with Crippen LogP contribution in [0.2, 0.25) is 0 Å². The van der Waals surface area contributed by atoms with Crippen molar-refractivity contribution in [1.82, 2.24) is 4.90 Å². The lowest BCUT2D eigenvalue weighted by atomic mass is 10.1. The molecule has 0 aromatic heterocycles. The summed E-state index contributed by atoms with van der Waals surface area (Å²) in [5.74, 6) is -1.77. The summed E-state index contributed by atoms with van der Waals surface area (Å²) >= 11 is 0. The van der Waals surface area contributed by atoms with Gasteiger partial charge in [-0.2, -0.15) is 0 Å². The lowest BCUT2D eigenvalue weighted by molar-refractivity contribution is 0.0342. The summed E-state index contributed by atoms with van der Waals surface area (Å²) in [6.07, 6.45) is 0. The van der Waals surface area contributed by atoms with E-state index in [1.807, 2.05) is 24.3 Å². The normalized spacial score (nSPS) is 14.4. The van der Waals surface area contributed by atoms with Crippen LogP contribution in [-0.2, 0) is 22.6 Å². The van der Waals surface area contributed by atoms with Crippen molar-refractivity contribution in [3.63, 3.8) is 0 Å². The smallest absolute Gasteiger partial charge is 0.340 e. The van der Waals surface area contributed by atoms with Gasteiger partial charge in [-0.3, -0.25) is 4.90 Å². The highest BCUT2D eigenvalue weighted by atomic mass is 16.5. The lowest BCUT2D eigenvalue weighted by Gasteiger charge is -2.26. The van der Waals surface area contributed by atoms with Crippen molar-refractivity contribution in [2.24, 2.45) is 0 Å². The zero-order valence-corrected chi connectivity index (χ0v) is 16.4. The fourth-order valence-corrected chi connectivity index (χ4v) is 3.17. The second kappa shape index (κ2) is 10.0. The Hall–Kier alpha value is -2.90. The van der Waals surface area contributed by atoms with E-state index in [4.69, 9.17) is 14.2 Å². The van der Waals surface area contributed by atoms with Gasteiger partial charge in [0.15, 0.2) is 0 Å². The number of carboxylic acids is 1. The van der Waals surface area contributed by atoms with Gasteiger partial charge in [0.25, 0.3) is 0 Å². The highest BCUT2D eigenvalue weighted by molar-refractivity contribution is 6.04. The van der Waals surface area contributed by atoms with Crippen LogP contribution in [0, 0.1) is 0 Å². The Morgan fingerprint density at radius 2 is 1.76 bits per heavy atom. The van der Waals surface area contributed by atoms with E-state index in [1.54, 1.807) is 19.1 Å². The van der Waals surface area contributed by atoms with Crippen LogP contribution >= 0.6 is 0 Å². The molecule has 154 valence electrons. The van der Waals surface area contributed by atoms with Crippen LogP contribution in [-0.4, -0.2) is 54.9 Å². The van der Waals surface area contributed by atoms with Crippen LogP contribution in [0.3, 0.4) is 0 Å². The molecular formula is C22H25NO6. The molecule has 0 spiro atoms. The van der Waals surface area contributed by atoms with E-state index < -0.39 is 11.9 Å². The number of nitrogens with zero attached hydrogens (tertiary/aromatic N) is 1. The summed E-state index contributed by atoms with van der Waals surface area (Å²) in [6.45, 7) is 6.30. The SMILES string of the molecule is CCOC(=O)c1cccc(OCc2ccc(CN3CCOCC3)cc2)c1C(=O)O. The standard InChI is InChI=1S/C22H25NO6/c1-2-28-22(26)18-4-3-5-19(20(18)21(24)25)29-15-17-8-6-16(7-9-17)14-23-10-12-27-13-11-23/h3-9H,2,10-15H2,1H3,(H,24,25). The lowest BCUT2D eigenvalue weighted by Crippen LogP contribution is -2.35. The number of carbonyl (C=O) groups is 2. The van der Waals surface area contributed by atoms with Gasteiger partial charge in [-0.05, 0) is 30.2 Å². The third-order valence-corrected chi connectivity index (χ3v) is 4.66. The average molecular weight is 399 g/mol. The Bertz CT molecular complexity index is 843. The Labute approximate surface area is 169 Å². The minimum Gasteiger partial charge on any atom is -0.488 e. The molecule has 2 aromatic carbocycles. The molecule has 3 rings (SSSR count). The van der Waals surface area contributed by atoms with Gasteiger partial charge >= 0.3 is 11.9 Å². The van der Waals surface area contributed by atoms with Gasteiger partial charge in [0.2, 0.25) is 0 Å². The van der Waals surface area contributed by atoms with E-state index in [1.165, 1.54) is 11.6 Å². The first-order valence-corrected chi connectivity index (χ1v) is 9.62. The summed E-state index contributed by atoms with van der Waals surface area (Å²) in [5, 5.41) is 9.55. The highest BCUT2D eigenvalue weighted by Crippen LogP contribution is 2.24. The molecular weight excluding hydrogens is 374 g/mol. The molecule has 7 heteroatoms. The highest BCUT2D eigenvalue weighted by Gasteiger charge is 2.22. The molecule has 0 atom stereocenters. The number of hydrogen-bond donors (Lipinski definition) is 1. The molecule has 0 radical (unpaired) electrons. The molecule has 1 heterocycles. The first kappa shape index (κ1) is 20.8. The van der Waals surface area contributed by atoms with Gasteiger partial charge in [-0.25, -0.2) is 9.59 Å². The van der Waals surface area contributed by atoms with Gasteiger partial charge in [-0.1, -0.05) is 30.3 Å². The van der Waals surface area contributed by atoms with Crippen molar-refractivity contribution in [3.8, 4) is 5.75 Å². The maximum atomic E-state index is 12.0. The third-order valence-electron chi connectivity index (χ3n) is 4.66. The Morgan fingerprint density at radius 1 is 1.07 bits per heavy atom. The van der Waals surface area contributed by atoms with E-state index in [-0.39, 0.29) is 30.1 Å². The monoisotopic (exact) mass is 399 g/mol. The number of morpholine rings is 1. The molecule has 1 aliphatic rings. The van der Waals surface area contributed by atoms with Gasteiger partial charge < -0.3 is 19.3 Å². The average Bonchev–Trinajstić information content (AvgIpc) is 2.73. The quantitative estimate of drug-likeness (QED) is 0.683. The maximum Gasteiger partial charge on any atom is 0.340 e. The molecule has 7 nitrogen and oxygen atoms in total. The fourth-order valence-electron chi connectivity index (χ4n) is 3.17. The van der Waals surface area contributed by atoms with E-state index >= 15 is 0 Å². The third kappa shape index (κ3) is 5.56. The Kier molecular flexibility index (Phi) is 7.21. The molecule has 2 aromatic rings. The van der Waals surface area contributed by atoms with Gasteiger partial charge in [0.05, 0.1) is 25.4 Å². The topological polar surface area (TPSA) is 85.3 Å². The van der Waals surface area contributed by atoms with Gasteiger partial charge in [0.1, 0.15) is 17.9 Å². The van der Waals surface area contributed by atoms with Crippen molar-refractivity contribution in [2.75, 3.05) is 32.9 Å². The van der Waals surface area contributed by atoms with Crippen molar-refractivity contribution in [1.29, 1.82) is 0 Å². The molecule has 0 aliphatic carbocycles. The molecule has 1 aliphatic heterocycles. The van der Waals surface area contributed by atoms with Crippen molar-refractivity contribution in [3.05, 3.63) is 64.7 Å². The van der Waals surface area contributed by atoms with Crippen molar-refractivity contribution < 1.29 is 28.9 Å². The summed E-state index contributed by atoms with van der Waals surface area (Å²) in [6, 6.07) is 12.6. The minimum atomic E-state index is -1.23. The van der Waals surface area contributed by atoms with Crippen LogP contribution < -0.4 is 4.74 Å². The molecule has 0 bridgehead atoms. The molecule has 0 saturated carbocycles. The van der Waals surface area contributed by atoms with Crippen molar-refractivity contribution >= 4 is 11.9 Å². The summed E-state index contributed by atoms with van der Waals surface area (Å²) < 4.78 is 16.0. The number of benzene rings is 2. The maximum absolute atomic E-state index is 12.0. The number of hydrogen-bond acceptors (Lipinski definition) is 6. The largest absolute Gasteiger partial charge is 0.488 e. The predicted octanol–water partition coefficient (Wildman–Crippen LogP) is 2.97. The van der Waals surface area contributed by atoms with Crippen LogP contribution in [0.15, 0.2) is 42.5 Å². The molecule has 29 heavy (non-hydrogen) atoms.